The van der Waals surface area contributed by atoms with Gasteiger partial charge in [-0.3, -0.25) is 18.3 Å². The summed E-state index contributed by atoms with van der Waals surface area (Å²) in [5, 5.41) is 10.8. The molecule has 0 radical (unpaired) electrons. The van der Waals surface area contributed by atoms with Crippen molar-refractivity contribution in [3.05, 3.63) is 71.1 Å². The van der Waals surface area contributed by atoms with E-state index >= 15 is 0 Å². The lowest BCUT2D eigenvalue weighted by Crippen LogP contribution is -2.55. The number of aromatic hydroxyl groups is 1. The maximum absolute atomic E-state index is 13.8. The van der Waals surface area contributed by atoms with Crippen LogP contribution >= 0.6 is 10.8 Å². The van der Waals surface area contributed by atoms with E-state index in [0.29, 0.717) is 31.6 Å². The van der Waals surface area contributed by atoms with Crippen molar-refractivity contribution in [2.24, 2.45) is 0 Å². The Balaban J connectivity index is 1.57. The van der Waals surface area contributed by atoms with Crippen molar-refractivity contribution in [1.82, 2.24) is 4.90 Å². The minimum absolute atomic E-state index is 0.0645. The van der Waals surface area contributed by atoms with Crippen molar-refractivity contribution in [1.29, 1.82) is 0 Å². The van der Waals surface area contributed by atoms with E-state index in [9.17, 15) is 23.0 Å². The normalized spacial score (nSPS) is 27.5. The molecule has 5 nitrogen and oxygen atoms in total. The highest BCUT2D eigenvalue weighted by atomic mass is 32.3. The molecular weight excluding hydrogens is 398 g/mol. The minimum Gasteiger partial charge on any atom is -0.505 e. The molecule has 1 fully saturated rings. The molecule has 8 heteroatoms. The van der Waals surface area contributed by atoms with Crippen LogP contribution in [0, 0.1) is 11.6 Å². The van der Waals surface area contributed by atoms with Gasteiger partial charge in [0.25, 0.3) is 0 Å². The summed E-state index contributed by atoms with van der Waals surface area (Å²) in [6.07, 6.45) is 3.05. The smallest absolute Gasteiger partial charge is 0.165 e. The fraction of sp³-hybridized carbons (Fsp3) is 0.333. The van der Waals surface area contributed by atoms with Gasteiger partial charge < -0.3 is 5.11 Å². The summed E-state index contributed by atoms with van der Waals surface area (Å²) in [5.74, 6) is -1.44. The quantitative estimate of drug-likeness (QED) is 0.643. The van der Waals surface area contributed by atoms with E-state index in [4.69, 9.17) is 0 Å². The molecule has 2 aliphatic heterocycles. The Hall–Kier alpha value is -2.13. The molecule has 2 aromatic rings. The molecule has 0 bridgehead atoms. The maximum atomic E-state index is 13.8. The lowest BCUT2D eigenvalue weighted by molar-refractivity contribution is 0.119. The first-order chi connectivity index (χ1) is 13.7. The molecular formula is C21H24F2N2O3S. The van der Waals surface area contributed by atoms with Crippen LogP contribution in [0.15, 0.2) is 53.9 Å². The molecule has 0 saturated carbocycles. The number of rotatable bonds is 3. The van der Waals surface area contributed by atoms with Gasteiger partial charge in [0.15, 0.2) is 11.6 Å². The maximum Gasteiger partial charge on any atom is 0.165 e. The van der Waals surface area contributed by atoms with Gasteiger partial charge in [0.2, 0.25) is 0 Å². The summed E-state index contributed by atoms with van der Waals surface area (Å²) < 4.78 is 50.3. The van der Waals surface area contributed by atoms with E-state index < -0.39 is 27.9 Å². The van der Waals surface area contributed by atoms with Gasteiger partial charge in [0.1, 0.15) is 5.82 Å². The van der Waals surface area contributed by atoms with Crippen LogP contribution < -0.4 is 4.31 Å². The van der Waals surface area contributed by atoms with Gasteiger partial charge in [-0.2, -0.15) is 0 Å². The van der Waals surface area contributed by atoms with Crippen LogP contribution in [0.3, 0.4) is 0 Å². The van der Waals surface area contributed by atoms with Crippen LogP contribution in [0.4, 0.5) is 14.5 Å². The Morgan fingerprint density at radius 2 is 1.97 bits per heavy atom. The third-order valence-corrected chi connectivity index (χ3v) is 7.39. The van der Waals surface area contributed by atoms with Crippen molar-refractivity contribution in [2.45, 2.75) is 37.9 Å². The molecule has 1 spiro atoms. The number of likely N-dealkylation sites (tertiary alicyclic amines) is 1. The Kier molecular flexibility index (Phi) is 5.06. The summed E-state index contributed by atoms with van der Waals surface area (Å²) in [7, 11) is -3.18. The Labute approximate surface area is 170 Å². The van der Waals surface area contributed by atoms with Gasteiger partial charge in [-0.15, -0.1) is 0 Å². The van der Waals surface area contributed by atoms with E-state index in [1.807, 2.05) is 13.0 Å². The highest BCUT2D eigenvalue weighted by molar-refractivity contribution is 8.28. The Morgan fingerprint density at radius 3 is 2.66 bits per heavy atom. The Bertz CT molecular complexity index is 955. The summed E-state index contributed by atoms with van der Waals surface area (Å²) in [5.41, 5.74) is 0.579. The summed E-state index contributed by atoms with van der Waals surface area (Å²) in [6.45, 7) is 3.21. The highest BCUT2D eigenvalue weighted by Gasteiger charge is 2.49. The van der Waals surface area contributed by atoms with Crippen molar-refractivity contribution in [3.63, 3.8) is 0 Å². The van der Waals surface area contributed by atoms with Crippen molar-refractivity contribution < 1.29 is 23.0 Å². The third-order valence-electron chi connectivity index (χ3n) is 5.78. The molecule has 0 aromatic heterocycles. The number of phenols is 1. The van der Waals surface area contributed by atoms with Crippen LogP contribution in [0.25, 0.3) is 0 Å². The topological polar surface area (TPSA) is 67.2 Å². The Morgan fingerprint density at radius 1 is 1.17 bits per heavy atom. The molecule has 2 heterocycles. The lowest BCUT2D eigenvalue weighted by Gasteiger charge is -2.52. The summed E-state index contributed by atoms with van der Waals surface area (Å²) >= 11 is 0. The predicted octanol–water partition coefficient (Wildman–Crippen LogP) is 5.09. The number of nitrogens with zero attached hydrogens (tertiary/aromatic N) is 2. The van der Waals surface area contributed by atoms with Gasteiger partial charge in [0.05, 0.1) is 11.2 Å². The number of anilines is 1. The second-order valence-corrected chi connectivity index (χ2v) is 9.56. The van der Waals surface area contributed by atoms with Gasteiger partial charge in [-0.05, 0) is 61.7 Å². The van der Waals surface area contributed by atoms with E-state index in [-0.39, 0.29) is 11.8 Å². The number of piperidine rings is 1. The van der Waals surface area contributed by atoms with Gasteiger partial charge >= 0.3 is 0 Å². The molecule has 0 unspecified atom stereocenters. The van der Waals surface area contributed by atoms with Crippen LogP contribution in [-0.2, 0) is 6.54 Å². The van der Waals surface area contributed by atoms with E-state index in [1.165, 1.54) is 29.7 Å². The molecule has 0 aliphatic carbocycles. The molecule has 2 aliphatic rings. The molecule has 156 valence electrons. The number of hydrogen-bond donors (Lipinski definition) is 3. The summed E-state index contributed by atoms with van der Waals surface area (Å²) in [6, 6.07) is 10.3. The number of hydrogen-bond acceptors (Lipinski definition) is 5. The highest BCUT2D eigenvalue weighted by Crippen LogP contribution is 2.60. The second kappa shape index (κ2) is 7.28. The predicted molar refractivity (Wildman–Crippen MR) is 111 cm³/mol. The largest absolute Gasteiger partial charge is 0.505 e. The monoisotopic (exact) mass is 422 g/mol. The molecule has 0 amide bonds. The van der Waals surface area contributed by atoms with Gasteiger partial charge in [-0.1, -0.05) is 22.9 Å². The van der Waals surface area contributed by atoms with Crippen LogP contribution in [0.5, 0.6) is 5.75 Å². The van der Waals surface area contributed by atoms with Crippen molar-refractivity contribution >= 4 is 16.5 Å². The zero-order valence-corrected chi connectivity index (χ0v) is 16.8. The first-order valence-electron chi connectivity index (χ1n) is 9.45. The molecule has 29 heavy (non-hydrogen) atoms. The van der Waals surface area contributed by atoms with Crippen molar-refractivity contribution in [3.8, 4) is 5.75 Å². The van der Waals surface area contributed by atoms with E-state index in [2.05, 4.69) is 4.90 Å². The molecule has 4 rings (SSSR count). The first-order valence-corrected chi connectivity index (χ1v) is 11.0. The fourth-order valence-corrected chi connectivity index (χ4v) is 6.13. The third kappa shape index (κ3) is 3.73. The molecule has 2 atom stereocenters. The van der Waals surface area contributed by atoms with Crippen LogP contribution in [-0.4, -0.2) is 37.2 Å². The average molecular weight is 422 g/mol. The fourth-order valence-electron chi connectivity index (χ4n) is 4.38. The number of phenolic OH excluding ortho intramolecular Hbond substituents is 1. The standard InChI is InChI=1S/C21H24F2N2O3S/c1-15-13-21(7-9-24(15)14-16-5-6-20(26)19(23)11-16)8-10-29(27,28)25(21)18-4-2-3-17(22)12-18/h2-6,8,10-12,15,26-28H,7,9,13-14H2,1H3/t15-,21-/m0/s1. The second-order valence-electron chi connectivity index (χ2n) is 7.80. The van der Waals surface area contributed by atoms with Crippen LogP contribution in [0.2, 0.25) is 0 Å². The van der Waals surface area contributed by atoms with Gasteiger partial charge in [0, 0.05) is 24.5 Å². The van der Waals surface area contributed by atoms with Crippen LogP contribution in [0.1, 0.15) is 25.3 Å². The number of benzene rings is 2. The van der Waals surface area contributed by atoms with E-state index in [1.54, 1.807) is 22.5 Å². The van der Waals surface area contributed by atoms with Crippen molar-refractivity contribution in [2.75, 3.05) is 10.8 Å². The van der Waals surface area contributed by atoms with E-state index in [0.717, 1.165) is 5.56 Å². The SMILES string of the molecule is C[C@H]1C[C@@]2(C=CS(O)(O)N2c2cccc(F)c2)CCN1Cc1ccc(O)c(F)c1. The molecule has 2 aromatic carbocycles. The number of halogens is 2. The molecule has 1 saturated heterocycles. The average Bonchev–Trinajstić information content (AvgIpc) is 2.91. The lowest BCUT2D eigenvalue weighted by atomic mass is 9.83. The first kappa shape index (κ1) is 20.2. The zero-order valence-electron chi connectivity index (χ0n) is 16.0. The van der Waals surface area contributed by atoms with Gasteiger partial charge in [-0.25, -0.2) is 8.78 Å². The molecule has 3 N–H and O–H groups in total. The zero-order chi connectivity index (χ0) is 20.8. The minimum atomic E-state index is -3.18. The summed E-state index contributed by atoms with van der Waals surface area (Å²) in [4.78, 5) is 2.19.